The zero-order valence-electron chi connectivity index (χ0n) is 11.3. The summed E-state index contributed by atoms with van der Waals surface area (Å²) in [5.74, 6) is -0.176. The molecule has 0 aliphatic rings. The van der Waals surface area contributed by atoms with Crippen LogP contribution in [0.1, 0.15) is 56.3 Å². The van der Waals surface area contributed by atoms with Gasteiger partial charge in [-0.25, -0.2) is 5.48 Å². The maximum atomic E-state index is 11.8. The number of carbonyl (C=O) groups is 1. The van der Waals surface area contributed by atoms with Crippen molar-refractivity contribution in [3.63, 3.8) is 0 Å². The molecule has 1 atom stereocenters. The van der Waals surface area contributed by atoms with Crippen LogP contribution in [0.15, 0.2) is 30.3 Å². The van der Waals surface area contributed by atoms with E-state index in [4.69, 9.17) is 4.84 Å². The lowest BCUT2D eigenvalue weighted by atomic mass is 10.1. The van der Waals surface area contributed by atoms with Crippen LogP contribution in [-0.2, 0) is 4.84 Å². The van der Waals surface area contributed by atoms with Gasteiger partial charge in [0.25, 0.3) is 5.91 Å². The van der Waals surface area contributed by atoms with Gasteiger partial charge in [-0.3, -0.25) is 9.63 Å². The molecule has 1 aromatic rings. The fourth-order valence-electron chi connectivity index (χ4n) is 1.75. The van der Waals surface area contributed by atoms with Gasteiger partial charge in [0.05, 0.1) is 6.10 Å². The fourth-order valence-corrected chi connectivity index (χ4v) is 1.75. The molecular formula is C15H23NO2. The van der Waals surface area contributed by atoms with Gasteiger partial charge < -0.3 is 0 Å². The van der Waals surface area contributed by atoms with Crippen LogP contribution in [0.2, 0.25) is 0 Å². The summed E-state index contributed by atoms with van der Waals surface area (Å²) in [6.07, 6.45) is 5.59. The van der Waals surface area contributed by atoms with Crippen LogP contribution < -0.4 is 5.48 Å². The van der Waals surface area contributed by atoms with Gasteiger partial charge >= 0.3 is 0 Å². The monoisotopic (exact) mass is 249 g/mol. The van der Waals surface area contributed by atoms with E-state index in [9.17, 15) is 4.79 Å². The molecule has 3 nitrogen and oxygen atoms in total. The first-order valence-corrected chi connectivity index (χ1v) is 6.79. The predicted octanol–water partition coefficient (Wildman–Crippen LogP) is 3.71. The van der Waals surface area contributed by atoms with Gasteiger partial charge in [-0.1, -0.05) is 51.3 Å². The molecule has 1 aromatic carbocycles. The van der Waals surface area contributed by atoms with Crippen LogP contribution in [0.4, 0.5) is 0 Å². The number of benzene rings is 1. The lowest BCUT2D eigenvalue weighted by Crippen LogP contribution is -2.29. The first-order chi connectivity index (χ1) is 8.77. The molecule has 0 radical (unpaired) electrons. The zero-order valence-corrected chi connectivity index (χ0v) is 11.3. The Balaban J connectivity index is 2.32. The highest BCUT2D eigenvalue weighted by molar-refractivity contribution is 5.93. The van der Waals surface area contributed by atoms with E-state index in [0.29, 0.717) is 5.56 Å². The second kappa shape index (κ2) is 8.70. The Kier molecular flexibility index (Phi) is 7.11. The number of hydrogen-bond donors (Lipinski definition) is 1. The van der Waals surface area contributed by atoms with Gasteiger partial charge in [-0.05, 0) is 25.0 Å². The second-order valence-corrected chi connectivity index (χ2v) is 4.44. The quantitative estimate of drug-likeness (QED) is 0.563. The highest BCUT2D eigenvalue weighted by Crippen LogP contribution is 2.09. The Bertz CT molecular complexity index is 338. The normalized spacial score (nSPS) is 12.1. The van der Waals surface area contributed by atoms with Crippen molar-refractivity contribution >= 4 is 5.91 Å². The largest absolute Gasteiger partial charge is 0.274 e. The highest BCUT2D eigenvalue weighted by Gasteiger charge is 2.10. The van der Waals surface area contributed by atoms with Crippen molar-refractivity contribution in [1.29, 1.82) is 0 Å². The average Bonchev–Trinajstić information content (AvgIpc) is 2.43. The van der Waals surface area contributed by atoms with Crippen LogP contribution in [0.3, 0.4) is 0 Å². The van der Waals surface area contributed by atoms with Crippen LogP contribution in [0, 0.1) is 0 Å². The topological polar surface area (TPSA) is 38.3 Å². The molecule has 1 unspecified atom stereocenters. The molecule has 0 aromatic heterocycles. The number of nitrogens with one attached hydrogen (secondary N) is 1. The number of hydroxylamine groups is 1. The van der Waals surface area contributed by atoms with Crippen LogP contribution >= 0.6 is 0 Å². The van der Waals surface area contributed by atoms with E-state index in [1.54, 1.807) is 12.1 Å². The lowest BCUT2D eigenvalue weighted by Gasteiger charge is -2.15. The van der Waals surface area contributed by atoms with Crippen molar-refractivity contribution in [2.45, 2.75) is 52.1 Å². The molecule has 0 saturated carbocycles. The molecule has 0 heterocycles. The highest BCUT2D eigenvalue weighted by atomic mass is 16.7. The Morgan fingerprint density at radius 2 is 1.94 bits per heavy atom. The molecule has 3 heteroatoms. The number of hydrogen-bond acceptors (Lipinski definition) is 2. The third-order valence-electron chi connectivity index (χ3n) is 2.94. The number of unbranched alkanes of at least 4 members (excludes halogenated alkanes) is 2. The Morgan fingerprint density at radius 1 is 1.22 bits per heavy atom. The van der Waals surface area contributed by atoms with E-state index in [2.05, 4.69) is 19.3 Å². The summed E-state index contributed by atoms with van der Waals surface area (Å²) in [5, 5.41) is 0. The van der Waals surface area contributed by atoms with Gasteiger partial charge in [-0.15, -0.1) is 0 Å². The zero-order chi connectivity index (χ0) is 13.2. The van der Waals surface area contributed by atoms with Crippen molar-refractivity contribution < 1.29 is 9.63 Å². The van der Waals surface area contributed by atoms with Gasteiger partial charge in [-0.2, -0.15) is 0 Å². The first kappa shape index (κ1) is 14.7. The van der Waals surface area contributed by atoms with E-state index >= 15 is 0 Å². The van der Waals surface area contributed by atoms with E-state index in [0.717, 1.165) is 19.3 Å². The number of amides is 1. The van der Waals surface area contributed by atoms with E-state index in [1.165, 1.54) is 12.8 Å². The molecular weight excluding hydrogens is 226 g/mol. The Morgan fingerprint density at radius 3 is 2.56 bits per heavy atom. The lowest BCUT2D eigenvalue weighted by molar-refractivity contribution is -0.0219. The van der Waals surface area contributed by atoms with Crippen molar-refractivity contribution in [3.8, 4) is 0 Å². The first-order valence-electron chi connectivity index (χ1n) is 6.79. The summed E-state index contributed by atoms with van der Waals surface area (Å²) in [6, 6.07) is 9.12. The molecule has 18 heavy (non-hydrogen) atoms. The van der Waals surface area contributed by atoms with Crippen LogP contribution in [0.5, 0.6) is 0 Å². The number of rotatable bonds is 8. The maximum Gasteiger partial charge on any atom is 0.274 e. The van der Waals surface area contributed by atoms with E-state index < -0.39 is 0 Å². The summed E-state index contributed by atoms with van der Waals surface area (Å²) in [7, 11) is 0. The summed E-state index contributed by atoms with van der Waals surface area (Å²) in [4.78, 5) is 17.2. The van der Waals surface area contributed by atoms with Crippen LogP contribution in [0.25, 0.3) is 0 Å². The molecule has 1 rings (SSSR count). The molecule has 0 aliphatic heterocycles. The minimum Gasteiger partial charge on any atom is -0.270 e. The molecule has 1 amide bonds. The third-order valence-corrected chi connectivity index (χ3v) is 2.94. The van der Waals surface area contributed by atoms with E-state index in [1.807, 2.05) is 18.2 Å². The molecule has 0 fully saturated rings. The second-order valence-electron chi connectivity index (χ2n) is 4.44. The minimum absolute atomic E-state index is 0.115. The van der Waals surface area contributed by atoms with Crippen LogP contribution in [-0.4, -0.2) is 12.0 Å². The molecule has 0 saturated heterocycles. The minimum atomic E-state index is -0.176. The van der Waals surface area contributed by atoms with Gasteiger partial charge in [0.1, 0.15) is 0 Å². The van der Waals surface area contributed by atoms with Crippen molar-refractivity contribution in [2.24, 2.45) is 0 Å². The summed E-state index contributed by atoms with van der Waals surface area (Å²) in [5.41, 5.74) is 3.16. The maximum absolute atomic E-state index is 11.8. The molecule has 0 spiro atoms. The molecule has 100 valence electrons. The smallest absolute Gasteiger partial charge is 0.270 e. The predicted molar refractivity (Wildman–Crippen MR) is 73.2 cm³/mol. The summed E-state index contributed by atoms with van der Waals surface area (Å²) >= 11 is 0. The Hall–Kier alpha value is -1.35. The third kappa shape index (κ3) is 5.32. The summed E-state index contributed by atoms with van der Waals surface area (Å²) in [6.45, 7) is 4.25. The van der Waals surface area contributed by atoms with Gasteiger partial charge in [0.15, 0.2) is 0 Å². The van der Waals surface area contributed by atoms with Crippen molar-refractivity contribution in [3.05, 3.63) is 35.9 Å². The summed E-state index contributed by atoms with van der Waals surface area (Å²) < 4.78 is 0. The number of carbonyl (C=O) groups excluding carboxylic acids is 1. The van der Waals surface area contributed by atoms with E-state index in [-0.39, 0.29) is 12.0 Å². The van der Waals surface area contributed by atoms with Crippen molar-refractivity contribution in [1.82, 2.24) is 5.48 Å². The van der Waals surface area contributed by atoms with Gasteiger partial charge in [0, 0.05) is 5.56 Å². The SMILES string of the molecule is CCCCCC(CC)ONC(=O)c1ccccc1. The molecule has 0 aliphatic carbocycles. The standard InChI is InChI=1S/C15H23NO2/c1-3-5-7-12-14(4-2)18-16-15(17)13-10-8-6-9-11-13/h6,8-11,14H,3-5,7,12H2,1-2H3,(H,16,17). The Labute approximate surface area is 109 Å². The van der Waals surface area contributed by atoms with Crippen molar-refractivity contribution in [2.75, 3.05) is 0 Å². The molecule has 1 N–H and O–H groups in total. The fraction of sp³-hybridized carbons (Fsp3) is 0.533. The molecule has 0 bridgehead atoms. The average molecular weight is 249 g/mol. The van der Waals surface area contributed by atoms with Gasteiger partial charge in [0.2, 0.25) is 0 Å².